The summed E-state index contributed by atoms with van der Waals surface area (Å²) < 4.78 is 6.30. The van der Waals surface area contributed by atoms with E-state index in [1.54, 1.807) is 13.1 Å². The van der Waals surface area contributed by atoms with Gasteiger partial charge >= 0.3 is 5.97 Å². The van der Waals surface area contributed by atoms with Gasteiger partial charge in [-0.1, -0.05) is 23.4 Å². The average molecular weight is 287 g/mol. The molecule has 0 saturated carbocycles. The number of oxime groups is 1. The van der Waals surface area contributed by atoms with Gasteiger partial charge in [-0.15, -0.1) is 0 Å². The topological polar surface area (TPSA) is 65.7 Å². The molecule has 0 amide bonds. The second-order valence-electron chi connectivity index (χ2n) is 4.42. The molecule has 1 aromatic heterocycles. The summed E-state index contributed by atoms with van der Waals surface area (Å²) in [5.41, 5.74) is 3.44. The van der Waals surface area contributed by atoms with Crippen LogP contribution in [0.5, 0.6) is 0 Å². The Hall–Kier alpha value is -2.63. The molecule has 1 aromatic carbocycles. The number of esters is 1. The number of ether oxygens (including phenoxy) is 1. The number of rotatable bonds is 5. The fourth-order valence-corrected chi connectivity index (χ4v) is 1.88. The Morgan fingerprint density at radius 1 is 1.33 bits per heavy atom. The number of para-hydroxylation sites is 1. The fourth-order valence-electron chi connectivity index (χ4n) is 1.88. The molecular weight excluding hydrogens is 270 g/mol. The Morgan fingerprint density at radius 3 is 2.71 bits per heavy atom. The highest BCUT2D eigenvalue weighted by atomic mass is 16.6. The highest BCUT2D eigenvalue weighted by Crippen LogP contribution is 2.14. The summed E-state index contributed by atoms with van der Waals surface area (Å²) in [6.07, 6.45) is 1.72. The molecule has 21 heavy (non-hydrogen) atoms. The number of nitrogens with zero attached hydrogens (tertiary/aromatic N) is 3. The number of hydrogen-bond acceptors (Lipinski definition) is 5. The van der Waals surface area contributed by atoms with E-state index in [2.05, 4.69) is 15.0 Å². The first kappa shape index (κ1) is 14.8. The Kier molecular flexibility index (Phi) is 4.71. The maximum atomic E-state index is 11.0. The highest BCUT2D eigenvalue weighted by Gasteiger charge is 2.11. The van der Waals surface area contributed by atoms with E-state index in [1.165, 1.54) is 7.11 Å². The Balaban J connectivity index is 2.16. The van der Waals surface area contributed by atoms with Gasteiger partial charge in [0.05, 0.1) is 30.4 Å². The van der Waals surface area contributed by atoms with Gasteiger partial charge in [-0.25, -0.2) is 9.48 Å². The van der Waals surface area contributed by atoms with Gasteiger partial charge in [0, 0.05) is 5.56 Å². The average Bonchev–Trinajstić information content (AvgIpc) is 2.89. The molecule has 1 heterocycles. The number of benzene rings is 1. The van der Waals surface area contributed by atoms with Crippen LogP contribution in [0.3, 0.4) is 0 Å². The third kappa shape index (κ3) is 3.47. The second kappa shape index (κ2) is 6.69. The lowest BCUT2D eigenvalue weighted by atomic mass is 10.2. The number of aromatic nitrogens is 2. The number of carbonyl (C=O) groups excluding carboxylic acids is 1. The van der Waals surface area contributed by atoms with E-state index in [9.17, 15) is 4.79 Å². The van der Waals surface area contributed by atoms with Gasteiger partial charge < -0.3 is 9.57 Å². The van der Waals surface area contributed by atoms with Crippen LogP contribution in [0.2, 0.25) is 0 Å². The lowest BCUT2D eigenvalue weighted by Crippen LogP contribution is -2.09. The molecule has 110 valence electrons. The highest BCUT2D eigenvalue weighted by molar-refractivity contribution is 5.99. The van der Waals surface area contributed by atoms with E-state index < -0.39 is 5.97 Å². The summed E-state index contributed by atoms with van der Waals surface area (Å²) in [6.45, 7) is 3.55. The lowest BCUT2D eigenvalue weighted by Gasteiger charge is -2.05. The number of carbonyl (C=O) groups is 1. The zero-order valence-corrected chi connectivity index (χ0v) is 12.2. The first-order valence-corrected chi connectivity index (χ1v) is 6.47. The first-order valence-electron chi connectivity index (χ1n) is 6.47. The fraction of sp³-hybridized carbons (Fsp3) is 0.267. The van der Waals surface area contributed by atoms with Crippen molar-refractivity contribution in [2.45, 2.75) is 13.8 Å². The van der Waals surface area contributed by atoms with E-state index in [4.69, 9.17) is 4.84 Å². The molecule has 2 rings (SSSR count). The molecule has 0 bridgehead atoms. The molecule has 0 N–H and O–H groups in total. The third-order valence-electron chi connectivity index (χ3n) is 3.01. The van der Waals surface area contributed by atoms with Crippen molar-refractivity contribution < 1.29 is 14.4 Å². The SMILES string of the molecule is COC(=O)CO/N=C(\C)c1cnn(-c2ccccc2)c1C. The zero-order chi connectivity index (χ0) is 15.2. The van der Waals surface area contributed by atoms with E-state index in [1.807, 2.05) is 41.9 Å². The standard InChI is InChI=1S/C15H17N3O3/c1-11(17-21-10-15(19)20-3)14-9-16-18(12(14)2)13-7-5-4-6-8-13/h4-9H,10H2,1-3H3/b17-11+. The van der Waals surface area contributed by atoms with Gasteiger partial charge in [0.15, 0.2) is 0 Å². The molecule has 0 unspecified atom stereocenters. The van der Waals surface area contributed by atoms with Gasteiger partial charge in [0.2, 0.25) is 6.61 Å². The monoisotopic (exact) mass is 287 g/mol. The second-order valence-corrected chi connectivity index (χ2v) is 4.42. The van der Waals surface area contributed by atoms with Crippen molar-refractivity contribution in [3.05, 3.63) is 47.8 Å². The van der Waals surface area contributed by atoms with Crippen molar-refractivity contribution >= 4 is 11.7 Å². The Labute approximate surface area is 123 Å². The summed E-state index contributed by atoms with van der Waals surface area (Å²) in [5.74, 6) is -0.469. The maximum Gasteiger partial charge on any atom is 0.346 e. The van der Waals surface area contributed by atoms with Crippen molar-refractivity contribution in [2.75, 3.05) is 13.7 Å². The van der Waals surface area contributed by atoms with Crippen LogP contribution in [0.15, 0.2) is 41.7 Å². The predicted octanol–water partition coefficient (Wildman–Crippen LogP) is 2.09. The van der Waals surface area contributed by atoms with Crippen LogP contribution in [-0.2, 0) is 14.4 Å². The van der Waals surface area contributed by atoms with E-state index in [-0.39, 0.29) is 6.61 Å². The van der Waals surface area contributed by atoms with Crippen LogP contribution in [0.1, 0.15) is 18.2 Å². The van der Waals surface area contributed by atoms with E-state index >= 15 is 0 Å². The molecule has 0 fully saturated rings. The molecule has 6 heteroatoms. The van der Waals surface area contributed by atoms with Crippen molar-refractivity contribution in [1.82, 2.24) is 9.78 Å². The summed E-state index contributed by atoms with van der Waals surface area (Å²) in [6, 6.07) is 9.82. The maximum absolute atomic E-state index is 11.0. The Bertz CT molecular complexity index is 647. The molecule has 2 aromatic rings. The molecular formula is C15H17N3O3. The van der Waals surface area contributed by atoms with Crippen molar-refractivity contribution in [1.29, 1.82) is 0 Å². The molecule has 0 radical (unpaired) electrons. The van der Waals surface area contributed by atoms with Gasteiger partial charge in [-0.2, -0.15) is 5.10 Å². The van der Waals surface area contributed by atoms with Gasteiger partial charge in [0.1, 0.15) is 0 Å². The molecule has 0 atom stereocenters. The van der Waals surface area contributed by atoms with Crippen LogP contribution in [0.25, 0.3) is 5.69 Å². The summed E-state index contributed by atoms with van der Waals surface area (Å²) >= 11 is 0. The summed E-state index contributed by atoms with van der Waals surface area (Å²) in [5, 5.41) is 8.27. The Morgan fingerprint density at radius 2 is 2.05 bits per heavy atom. The van der Waals surface area contributed by atoms with Crippen LogP contribution >= 0.6 is 0 Å². The minimum Gasteiger partial charge on any atom is -0.466 e. The zero-order valence-electron chi connectivity index (χ0n) is 12.2. The van der Waals surface area contributed by atoms with E-state index in [0.29, 0.717) is 5.71 Å². The van der Waals surface area contributed by atoms with Crippen LogP contribution < -0.4 is 0 Å². The molecule has 6 nitrogen and oxygen atoms in total. The minimum atomic E-state index is -0.469. The van der Waals surface area contributed by atoms with Gasteiger partial charge in [-0.05, 0) is 26.0 Å². The quantitative estimate of drug-likeness (QED) is 0.480. The summed E-state index contributed by atoms with van der Waals surface area (Å²) in [4.78, 5) is 15.9. The number of hydrogen-bond donors (Lipinski definition) is 0. The third-order valence-corrected chi connectivity index (χ3v) is 3.01. The normalized spacial score (nSPS) is 11.3. The van der Waals surface area contributed by atoms with Crippen LogP contribution in [0, 0.1) is 6.92 Å². The van der Waals surface area contributed by atoms with Gasteiger partial charge in [-0.3, -0.25) is 0 Å². The van der Waals surface area contributed by atoms with Crippen LogP contribution in [0.4, 0.5) is 0 Å². The predicted molar refractivity (Wildman–Crippen MR) is 78.5 cm³/mol. The lowest BCUT2D eigenvalue weighted by molar-refractivity contribution is -0.145. The van der Waals surface area contributed by atoms with Crippen molar-refractivity contribution in [2.24, 2.45) is 5.16 Å². The first-order chi connectivity index (χ1) is 10.1. The smallest absolute Gasteiger partial charge is 0.346 e. The minimum absolute atomic E-state index is 0.209. The molecule has 0 spiro atoms. The van der Waals surface area contributed by atoms with Gasteiger partial charge in [0.25, 0.3) is 0 Å². The molecule has 0 saturated heterocycles. The largest absolute Gasteiger partial charge is 0.466 e. The number of methoxy groups -OCH3 is 1. The molecule has 0 aliphatic rings. The van der Waals surface area contributed by atoms with Crippen molar-refractivity contribution in [3.63, 3.8) is 0 Å². The van der Waals surface area contributed by atoms with E-state index in [0.717, 1.165) is 16.9 Å². The summed E-state index contributed by atoms with van der Waals surface area (Å²) in [7, 11) is 1.30. The van der Waals surface area contributed by atoms with Crippen LogP contribution in [-0.4, -0.2) is 35.2 Å². The van der Waals surface area contributed by atoms with Crippen molar-refractivity contribution in [3.8, 4) is 5.69 Å². The molecule has 0 aliphatic heterocycles. The molecule has 0 aliphatic carbocycles.